The van der Waals surface area contributed by atoms with Gasteiger partial charge in [-0.05, 0) is 37.0 Å². The van der Waals surface area contributed by atoms with Gasteiger partial charge in [0.15, 0.2) is 6.23 Å². The van der Waals surface area contributed by atoms with Crippen LogP contribution >= 0.6 is 0 Å². The lowest BCUT2D eigenvalue weighted by Crippen LogP contribution is -2.19. The maximum absolute atomic E-state index is 14.1. The Labute approximate surface area is 130 Å². The molecule has 3 nitrogen and oxygen atoms in total. The second-order valence-electron chi connectivity index (χ2n) is 5.55. The molecule has 0 spiro atoms. The summed E-state index contributed by atoms with van der Waals surface area (Å²) in [6.45, 7) is 0.617. The highest BCUT2D eigenvalue weighted by atomic mass is 19.4. The molecular formula is C16H16F4N2O. The molecule has 3 rings (SSSR count). The maximum Gasteiger partial charge on any atom is 0.392 e. The summed E-state index contributed by atoms with van der Waals surface area (Å²) >= 11 is 0. The standard InChI is InChI=1S/C16H16F4N2O/c17-15-12-10-11(4-3-8-16(18,19)20)6-7-13(12)22(21-15)14-5-1-2-9-23-14/h3-4,6-7,10,14H,1-2,5,8-9H2. The smallest absolute Gasteiger partial charge is 0.356 e. The highest BCUT2D eigenvalue weighted by molar-refractivity contribution is 5.82. The molecule has 2 heterocycles. The summed E-state index contributed by atoms with van der Waals surface area (Å²) in [5.74, 6) is -0.639. The number of fused-ring (bicyclic) bond motifs is 1. The molecule has 2 aromatic rings. The predicted octanol–water partition coefficient (Wildman–Crippen LogP) is 4.84. The van der Waals surface area contributed by atoms with Gasteiger partial charge in [-0.3, -0.25) is 0 Å². The molecule has 1 aliphatic heterocycles. The summed E-state index contributed by atoms with van der Waals surface area (Å²) in [6.07, 6.45) is -0.448. The summed E-state index contributed by atoms with van der Waals surface area (Å²) in [6, 6.07) is 4.82. The van der Waals surface area contributed by atoms with Gasteiger partial charge in [-0.1, -0.05) is 18.2 Å². The van der Waals surface area contributed by atoms with Crippen molar-refractivity contribution in [1.82, 2.24) is 9.78 Å². The molecule has 0 bridgehead atoms. The third-order valence-electron chi connectivity index (χ3n) is 3.77. The summed E-state index contributed by atoms with van der Waals surface area (Å²) < 4.78 is 57.6. The molecule has 23 heavy (non-hydrogen) atoms. The first kappa shape index (κ1) is 16.0. The van der Waals surface area contributed by atoms with Crippen LogP contribution in [0.25, 0.3) is 17.0 Å². The Morgan fingerprint density at radius 2 is 2.13 bits per heavy atom. The minimum atomic E-state index is -4.24. The van der Waals surface area contributed by atoms with Crippen LogP contribution in [0.5, 0.6) is 0 Å². The topological polar surface area (TPSA) is 27.1 Å². The quantitative estimate of drug-likeness (QED) is 0.754. The molecule has 0 N–H and O–H groups in total. The first-order valence-corrected chi connectivity index (χ1v) is 7.47. The first-order chi connectivity index (χ1) is 10.9. The molecule has 7 heteroatoms. The predicted molar refractivity (Wildman–Crippen MR) is 78.2 cm³/mol. The molecule has 1 saturated heterocycles. The number of hydrogen-bond acceptors (Lipinski definition) is 2. The number of halogens is 4. The molecule has 0 saturated carbocycles. The van der Waals surface area contributed by atoms with E-state index in [1.165, 1.54) is 16.8 Å². The van der Waals surface area contributed by atoms with E-state index in [0.29, 0.717) is 17.7 Å². The summed E-state index contributed by atoms with van der Waals surface area (Å²) in [4.78, 5) is 0. The second kappa shape index (κ2) is 6.31. The van der Waals surface area contributed by atoms with Crippen molar-refractivity contribution in [2.24, 2.45) is 0 Å². The SMILES string of the molecule is Fc1nn(C2CCCCO2)c2ccc(C=CCC(F)(F)F)cc12. The van der Waals surface area contributed by atoms with E-state index in [2.05, 4.69) is 5.10 Å². The molecule has 1 aliphatic rings. The molecule has 124 valence electrons. The van der Waals surface area contributed by atoms with E-state index in [0.717, 1.165) is 25.3 Å². The number of hydrogen-bond donors (Lipinski definition) is 0. The van der Waals surface area contributed by atoms with Crippen LogP contribution in [0.15, 0.2) is 24.3 Å². The fourth-order valence-corrected chi connectivity index (χ4v) is 2.69. The second-order valence-corrected chi connectivity index (χ2v) is 5.55. The fraction of sp³-hybridized carbons (Fsp3) is 0.438. The molecule has 1 fully saturated rings. The van der Waals surface area contributed by atoms with Gasteiger partial charge in [0.2, 0.25) is 5.95 Å². The Morgan fingerprint density at radius 3 is 2.83 bits per heavy atom. The van der Waals surface area contributed by atoms with Crippen molar-refractivity contribution in [3.8, 4) is 0 Å². The van der Waals surface area contributed by atoms with E-state index in [1.807, 2.05) is 0 Å². The number of alkyl halides is 3. The van der Waals surface area contributed by atoms with Crippen LogP contribution < -0.4 is 0 Å². The largest absolute Gasteiger partial charge is 0.392 e. The molecule has 1 aromatic heterocycles. The van der Waals surface area contributed by atoms with Gasteiger partial charge in [0.05, 0.1) is 17.3 Å². The Hall–Kier alpha value is -1.89. The van der Waals surface area contributed by atoms with Crippen molar-refractivity contribution in [2.75, 3.05) is 6.61 Å². The lowest BCUT2D eigenvalue weighted by atomic mass is 10.1. The number of rotatable bonds is 3. The van der Waals surface area contributed by atoms with Crippen LogP contribution in [0.3, 0.4) is 0 Å². The van der Waals surface area contributed by atoms with Crippen molar-refractivity contribution in [3.63, 3.8) is 0 Å². The van der Waals surface area contributed by atoms with Crippen LogP contribution in [0, 0.1) is 5.95 Å². The number of ether oxygens (including phenoxy) is 1. The van der Waals surface area contributed by atoms with Crippen LogP contribution in [-0.4, -0.2) is 22.6 Å². The first-order valence-electron chi connectivity index (χ1n) is 7.47. The zero-order valence-electron chi connectivity index (χ0n) is 12.3. The van der Waals surface area contributed by atoms with Crippen molar-refractivity contribution in [3.05, 3.63) is 35.8 Å². The van der Waals surface area contributed by atoms with Crippen molar-refractivity contribution in [1.29, 1.82) is 0 Å². The normalized spacial score (nSPS) is 19.7. The lowest BCUT2D eigenvalue weighted by Gasteiger charge is -2.23. The highest BCUT2D eigenvalue weighted by Gasteiger charge is 2.24. The highest BCUT2D eigenvalue weighted by Crippen LogP contribution is 2.28. The molecule has 1 atom stereocenters. The van der Waals surface area contributed by atoms with Gasteiger partial charge >= 0.3 is 6.18 Å². The lowest BCUT2D eigenvalue weighted by molar-refractivity contribution is -0.124. The molecule has 0 amide bonds. The number of allylic oxidation sites excluding steroid dienone is 1. The van der Waals surface area contributed by atoms with E-state index in [-0.39, 0.29) is 11.6 Å². The summed E-state index contributed by atoms with van der Waals surface area (Å²) in [5.41, 5.74) is 1.09. The van der Waals surface area contributed by atoms with Crippen molar-refractivity contribution in [2.45, 2.75) is 38.1 Å². The number of aromatic nitrogens is 2. The van der Waals surface area contributed by atoms with E-state index < -0.39 is 18.5 Å². The zero-order valence-corrected chi connectivity index (χ0v) is 12.3. The van der Waals surface area contributed by atoms with Crippen LogP contribution in [0.2, 0.25) is 0 Å². The third kappa shape index (κ3) is 3.72. The monoisotopic (exact) mass is 328 g/mol. The number of nitrogens with zero attached hydrogens (tertiary/aromatic N) is 2. The van der Waals surface area contributed by atoms with Crippen LogP contribution in [-0.2, 0) is 4.74 Å². The molecule has 0 aliphatic carbocycles. The van der Waals surface area contributed by atoms with Gasteiger partial charge < -0.3 is 4.74 Å². The van der Waals surface area contributed by atoms with Gasteiger partial charge in [0, 0.05) is 6.61 Å². The van der Waals surface area contributed by atoms with Crippen molar-refractivity contribution >= 4 is 17.0 Å². The molecule has 0 radical (unpaired) electrons. The maximum atomic E-state index is 14.1. The summed E-state index contributed by atoms with van der Waals surface area (Å²) in [7, 11) is 0. The van der Waals surface area contributed by atoms with Gasteiger partial charge in [0.25, 0.3) is 0 Å². The Kier molecular flexibility index (Phi) is 4.39. The fourth-order valence-electron chi connectivity index (χ4n) is 2.69. The van der Waals surface area contributed by atoms with Gasteiger partial charge in [-0.25, -0.2) is 4.68 Å². The van der Waals surface area contributed by atoms with Crippen molar-refractivity contribution < 1.29 is 22.3 Å². The minimum absolute atomic E-state index is 0.285. The Balaban J connectivity index is 1.87. The van der Waals surface area contributed by atoms with E-state index >= 15 is 0 Å². The third-order valence-corrected chi connectivity index (χ3v) is 3.77. The molecule has 1 unspecified atom stereocenters. The zero-order chi connectivity index (χ0) is 16.4. The summed E-state index contributed by atoms with van der Waals surface area (Å²) in [5, 5.41) is 4.18. The van der Waals surface area contributed by atoms with Gasteiger partial charge in [-0.15, -0.1) is 5.10 Å². The average Bonchev–Trinajstić information content (AvgIpc) is 2.84. The van der Waals surface area contributed by atoms with Gasteiger partial charge in [-0.2, -0.15) is 17.6 Å². The van der Waals surface area contributed by atoms with E-state index in [4.69, 9.17) is 4.74 Å². The Morgan fingerprint density at radius 1 is 1.30 bits per heavy atom. The molecular weight excluding hydrogens is 312 g/mol. The van der Waals surface area contributed by atoms with E-state index in [9.17, 15) is 17.6 Å². The average molecular weight is 328 g/mol. The Bertz CT molecular complexity index is 715. The van der Waals surface area contributed by atoms with Crippen LogP contribution in [0.1, 0.15) is 37.5 Å². The van der Waals surface area contributed by atoms with E-state index in [1.54, 1.807) is 12.1 Å². The number of benzene rings is 1. The molecule has 1 aromatic carbocycles. The van der Waals surface area contributed by atoms with Gasteiger partial charge in [0.1, 0.15) is 0 Å². The van der Waals surface area contributed by atoms with Crippen LogP contribution in [0.4, 0.5) is 17.6 Å². The minimum Gasteiger partial charge on any atom is -0.356 e.